The molecule has 0 unspecified atom stereocenters. The van der Waals surface area contributed by atoms with Gasteiger partial charge in [0.15, 0.2) is 0 Å². The number of amides is 1. The SMILES string of the molecule is CCCNCC(=O)Nc1sc(CC)cc1C(=O)OCC. The van der Waals surface area contributed by atoms with Gasteiger partial charge in [-0.1, -0.05) is 13.8 Å². The van der Waals surface area contributed by atoms with Crippen LogP contribution in [0, 0.1) is 0 Å². The molecule has 1 aromatic rings. The average Bonchev–Trinajstić information content (AvgIpc) is 2.82. The van der Waals surface area contributed by atoms with Gasteiger partial charge in [0.1, 0.15) is 5.00 Å². The summed E-state index contributed by atoms with van der Waals surface area (Å²) in [5.41, 5.74) is 0.442. The summed E-state index contributed by atoms with van der Waals surface area (Å²) in [6, 6.07) is 1.79. The lowest BCUT2D eigenvalue weighted by molar-refractivity contribution is -0.115. The number of anilines is 1. The second-order valence-corrected chi connectivity index (χ2v) is 5.39. The smallest absolute Gasteiger partial charge is 0.341 e. The molecule has 0 aliphatic carbocycles. The van der Waals surface area contributed by atoms with E-state index in [4.69, 9.17) is 4.74 Å². The minimum absolute atomic E-state index is 0.145. The van der Waals surface area contributed by atoms with E-state index in [1.54, 1.807) is 13.0 Å². The van der Waals surface area contributed by atoms with Gasteiger partial charge in [0.05, 0.1) is 18.7 Å². The van der Waals surface area contributed by atoms with Crippen LogP contribution in [0.2, 0.25) is 0 Å². The number of nitrogens with one attached hydrogen (secondary N) is 2. The normalized spacial score (nSPS) is 10.3. The Balaban J connectivity index is 2.74. The van der Waals surface area contributed by atoms with Crippen molar-refractivity contribution in [2.24, 2.45) is 0 Å². The van der Waals surface area contributed by atoms with Crippen LogP contribution in [0.15, 0.2) is 6.07 Å². The molecule has 1 rings (SSSR count). The molecule has 0 radical (unpaired) electrons. The van der Waals surface area contributed by atoms with E-state index >= 15 is 0 Å². The van der Waals surface area contributed by atoms with Crippen LogP contribution in [0.5, 0.6) is 0 Å². The fraction of sp³-hybridized carbons (Fsp3) is 0.571. The lowest BCUT2D eigenvalue weighted by atomic mass is 10.2. The van der Waals surface area contributed by atoms with Gasteiger partial charge in [-0.2, -0.15) is 0 Å². The van der Waals surface area contributed by atoms with E-state index in [2.05, 4.69) is 10.6 Å². The van der Waals surface area contributed by atoms with Crippen LogP contribution in [-0.2, 0) is 16.0 Å². The minimum atomic E-state index is -0.389. The van der Waals surface area contributed by atoms with Gasteiger partial charge in [0, 0.05) is 4.88 Å². The van der Waals surface area contributed by atoms with E-state index < -0.39 is 0 Å². The molecule has 0 aromatic carbocycles. The summed E-state index contributed by atoms with van der Waals surface area (Å²) >= 11 is 1.42. The fourth-order valence-corrected chi connectivity index (χ4v) is 2.62. The fourth-order valence-electron chi connectivity index (χ4n) is 1.62. The van der Waals surface area contributed by atoms with Crippen molar-refractivity contribution in [2.45, 2.75) is 33.6 Å². The predicted molar refractivity (Wildman–Crippen MR) is 81.4 cm³/mol. The third kappa shape index (κ3) is 4.94. The summed E-state index contributed by atoms with van der Waals surface area (Å²) < 4.78 is 5.01. The van der Waals surface area contributed by atoms with Crippen LogP contribution in [-0.4, -0.2) is 31.6 Å². The summed E-state index contributed by atoms with van der Waals surface area (Å²) in [5.74, 6) is -0.534. The first kappa shape index (κ1) is 16.7. The Morgan fingerprint density at radius 1 is 1.30 bits per heavy atom. The van der Waals surface area contributed by atoms with Crippen LogP contribution in [0.1, 0.15) is 42.4 Å². The summed E-state index contributed by atoms with van der Waals surface area (Å²) in [6.45, 7) is 7.17. The maximum absolute atomic E-state index is 11.9. The van der Waals surface area contributed by atoms with Crippen molar-refractivity contribution in [1.82, 2.24) is 5.32 Å². The van der Waals surface area contributed by atoms with Crippen LogP contribution >= 0.6 is 11.3 Å². The van der Waals surface area contributed by atoms with Gasteiger partial charge in [0.25, 0.3) is 0 Å². The van der Waals surface area contributed by atoms with Crippen molar-refractivity contribution >= 4 is 28.2 Å². The first-order valence-corrected chi connectivity index (χ1v) is 7.74. The molecule has 6 heteroatoms. The lowest BCUT2D eigenvalue weighted by Crippen LogP contribution is -2.28. The zero-order chi connectivity index (χ0) is 15.0. The molecule has 20 heavy (non-hydrogen) atoms. The van der Waals surface area contributed by atoms with Crippen LogP contribution in [0.4, 0.5) is 5.00 Å². The molecule has 1 aromatic heterocycles. The third-order valence-corrected chi connectivity index (χ3v) is 3.79. The third-order valence-electron chi connectivity index (χ3n) is 2.59. The van der Waals surface area contributed by atoms with Crippen molar-refractivity contribution in [2.75, 3.05) is 25.0 Å². The zero-order valence-electron chi connectivity index (χ0n) is 12.2. The van der Waals surface area contributed by atoms with Crippen molar-refractivity contribution in [3.8, 4) is 0 Å². The van der Waals surface area contributed by atoms with E-state index in [0.29, 0.717) is 17.2 Å². The van der Waals surface area contributed by atoms with E-state index in [0.717, 1.165) is 24.3 Å². The second-order valence-electron chi connectivity index (χ2n) is 4.25. The summed E-state index contributed by atoms with van der Waals surface area (Å²) in [6.07, 6.45) is 1.79. The van der Waals surface area contributed by atoms with Crippen molar-refractivity contribution in [3.05, 3.63) is 16.5 Å². The zero-order valence-corrected chi connectivity index (χ0v) is 13.1. The molecule has 5 nitrogen and oxygen atoms in total. The molecule has 0 aliphatic heterocycles. The number of rotatable bonds is 8. The molecule has 112 valence electrons. The largest absolute Gasteiger partial charge is 0.462 e. The summed E-state index contributed by atoms with van der Waals surface area (Å²) in [7, 11) is 0. The van der Waals surface area contributed by atoms with Gasteiger partial charge in [-0.05, 0) is 32.4 Å². The molecular weight excluding hydrogens is 276 g/mol. The van der Waals surface area contributed by atoms with E-state index in [9.17, 15) is 9.59 Å². The Morgan fingerprint density at radius 2 is 2.05 bits per heavy atom. The quantitative estimate of drug-likeness (QED) is 0.571. The molecule has 0 atom stereocenters. The molecule has 2 N–H and O–H groups in total. The van der Waals surface area contributed by atoms with Gasteiger partial charge in [-0.25, -0.2) is 4.79 Å². The van der Waals surface area contributed by atoms with E-state index in [1.165, 1.54) is 11.3 Å². The maximum Gasteiger partial charge on any atom is 0.341 e. The average molecular weight is 298 g/mol. The van der Waals surface area contributed by atoms with E-state index in [1.807, 2.05) is 13.8 Å². The number of esters is 1. The first-order valence-electron chi connectivity index (χ1n) is 6.92. The number of ether oxygens (including phenoxy) is 1. The molecule has 0 spiro atoms. The lowest BCUT2D eigenvalue weighted by Gasteiger charge is -2.06. The number of hydrogen-bond donors (Lipinski definition) is 2. The Hall–Kier alpha value is -1.40. The van der Waals surface area contributed by atoms with Crippen molar-refractivity contribution in [1.29, 1.82) is 0 Å². The summed E-state index contributed by atoms with van der Waals surface area (Å²) in [5, 5.41) is 6.38. The van der Waals surface area contributed by atoms with Gasteiger partial charge in [0.2, 0.25) is 5.91 Å². The first-order chi connectivity index (χ1) is 9.62. The number of aryl methyl sites for hydroxylation is 1. The highest BCUT2D eigenvalue weighted by Crippen LogP contribution is 2.29. The van der Waals surface area contributed by atoms with Crippen molar-refractivity contribution in [3.63, 3.8) is 0 Å². The Kier molecular flexibility index (Phi) is 7.25. The van der Waals surface area contributed by atoms with Gasteiger partial charge < -0.3 is 15.4 Å². The number of hydrogen-bond acceptors (Lipinski definition) is 5. The standard InChI is InChI=1S/C14H22N2O3S/c1-4-7-15-9-12(17)16-13-11(14(18)19-6-3)8-10(5-2)20-13/h8,15H,4-7,9H2,1-3H3,(H,16,17). The molecular formula is C14H22N2O3S. The Labute approximate surface area is 123 Å². The molecule has 1 amide bonds. The highest BCUT2D eigenvalue weighted by atomic mass is 32.1. The molecule has 0 saturated carbocycles. The van der Waals surface area contributed by atoms with Crippen LogP contribution in [0.25, 0.3) is 0 Å². The molecule has 0 aliphatic rings. The summed E-state index contributed by atoms with van der Waals surface area (Å²) in [4.78, 5) is 24.7. The monoisotopic (exact) mass is 298 g/mol. The van der Waals surface area contributed by atoms with Crippen molar-refractivity contribution < 1.29 is 14.3 Å². The maximum atomic E-state index is 11.9. The second kappa shape index (κ2) is 8.71. The van der Waals surface area contributed by atoms with Crippen LogP contribution < -0.4 is 10.6 Å². The van der Waals surface area contributed by atoms with Gasteiger partial charge >= 0.3 is 5.97 Å². The van der Waals surface area contributed by atoms with Crippen LogP contribution in [0.3, 0.4) is 0 Å². The molecule has 0 saturated heterocycles. The highest BCUT2D eigenvalue weighted by Gasteiger charge is 2.18. The highest BCUT2D eigenvalue weighted by molar-refractivity contribution is 7.16. The minimum Gasteiger partial charge on any atom is -0.462 e. The number of carbonyl (C=O) groups excluding carboxylic acids is 2. The topological polar surface area (TPSA) is 67.4 Å². The molecule has 0 bridgehead atoms. The molecule has 1 heterocycles. The van der Waals surface area contributed by atoms with Gasteiger partial charge in [-0.3, -0.25) is 4.79 Å². The van der Waals surface area contributed by atoms with E-state index in [-0.39, 0.29) is 18.4 Å². The predicted octanol–water partition coefficient (Wildman–Crippen LogP) is 2.43. The Morgan fingerprint density at radius 3 is 2.65 bits per heavy atom. The number of thiophene rings is 1. The Bertz CT molecular complexity index is 457. The number of carbonyl (C=O) groups is 2. The molecule has 0 fully saturated rings. The van der Waals surface area contributed by atoms with Gasteiger partial charge in [-0.15, -0.1) is 11.3 Å².